The first-order valence-electron chi connectivity index (χ1n) is 8.07. The summed E-state index contributed by atoms with van der Waals surface area (Å²) >= 11 is 22.9. The highest BCUT2D eigenvalue weighted by molar-refractivity contribution is 7.80. The van der Waals surface area contributed by atoms with E-state index in [1.807, 2.05) is 30.3 Å². The van der Waals surface area contributed by atoms with Gasteiger partial charge in [0.2, 0.25) is 9.70 Å². The number of nitro benzene ring substituents is 1. The number of nitrogens with zero attached hydrogens (tertiary/aromatic N) is 1. The molecule has 1 atom stereocenters. The molecule has 152 valence electrons. The van der Waals surface area contributed by atoms with E-state index < -0.39 is 20.8 Å². The molecule has 0 saturated carbocycles. The molecule has 0 bridgehead atoms. The summed E-state index contributed by atoms with van der Waals surface area (Å²) in [6.45, 7) is 0. The maximum Gasteiger partial charge on any atom is 0.271 e. The van der Waals surface area contributed by atoms with Gasteiger partial charge in [-0.3, -0.25) is 14.9 Å². The summed E-state index contributed by atoms with van der Waals surface area (Å²) in [6, 6.07) is 14.9. The summed E-state index contributed by atoms with van der Waals surface area (Å²) in [4.78, 5) is 22.5. The maximum absolute atomic E-state index is 12.2. The van der Waals surface area contributed by atoms with Gasteiger partial charge in [0, 0.05) is 23.9 Å². The molecule has 0 aliphatic rings. The fourth-order valence-corrected chi connectivity index (χ4v) is 2.68. The SMILES string of the molecule is O=C(/C=C\c1ccccc1)NC(NC(=S)Nc1cccc([N+](=O)[O-])c1)C(Cl)(Cl)Cl. The fourth-order valence-electron chi connectivity index (χ4n) is 2.12. The van der Waals surface area contributed by atoms with Gasteiger partial charge in [0.25, 0.3) is 5.69 Å². The molecule has 29 heavy (non-hydrogen) atoms. The van der Waals surface area contributed by atoms with Gasteiger partial charge in [-0.1, -0.05) is 71.2 Å². The van der Waals surface area contributed by atoms with E-state index in [0.29, 0.717) is 5.69 Å². The number of halogens is 3. The van der Waals surface area contributed by atoms with Crippen LogP contribution in [0.1, 0.15) is 5.56 Å². The van der Waals surface area contributed by atoms with Crippen molar-refractivity contribution in [1.29, 1.82) is 0 Å². The van der Waals surface area contributed by atoms with E-state index in [1.165, 1.54) is 24.3 Å². The Bertz CT molecular complexity index is 920. The molecule has 2 rings (SSSR count). The van der Waals surface area contributed by atoms with Crippen LogP contribution in [-0.2, 0) is 4.79 Å². The number of anilines is 1. The number of carbonyl (C=O) groups is 1. The molecular weight excluding hydrogens is 459 g/mol. The first kappa shape index (κ1) is 22.9. The maximum atomic E-state index is 12.2. The lowest BCUT2D eigenvalue weighted by Crippen LogP contribution is -2.55. The van der Waals surface area contributed by atoms with Crippen molar-refractivity contribution in [2.45, 2.75) is 9.96 Å². The van der Waals surface area contributed by atoms with Gasteiger partial charge in [-0.05, 0) is 29.9 Å². The number of thiocarbonyl (C=S) groups is 1. The zero-order valence-corrected chi connectivity index (χ0v) is 17.7. The fraction of sp³-hybridized carbons (Fsp3) is 0.111. The van der Waals surface area contributed by atoms with E-state index in [0.717, 1.165) is 5.56 Å². The standard InChI is InChI=1S/C18H15Cl3N4O3S/c19-18(20,21)16(23-15(26)10-9-12-5-2-1-3-6-12)24-17(29)22-13-7-4-8-14(11-13)25(27)28/h1-11,16H,(H,23,26)(H2,22,24,29)/b10-9-. The van der Waals surface area contributed by atoms with E-state index in [4.69, 9.17) is 47.0 Å². The molecule has 0 aliphatic heterocycles. The lowest BCUT2D eigenvalue weighted by Gasteiger charge is -2.27. The second-order valence-electron chi connectivity index (χ2n) is 5.63. The highest BCUT2D eigenvalue weighted by Crippen LogP contribution is 2.29. The normalized spacial score (nSPS) is 12.2. The lowest BCUT2D eigenvalue weighted by atomic mass is 10.2. The van der Waals surface area contributed by atoms with Gasteiger partial charge in [0.1, 0.15) is 6.17 Å². The van der Waals surface area contributed by atoms with Crippen molar-refractivity contribution in [2.24, 2.45) is 0 Å². The smallest absolute Gasteiger partial charge is 0.271 e. The van der Waals surface area contributed by atoms with Crippen molar-refractivity contribution in [3.63, 3.8) is 0 Å². The third kappa shape index (κ3) is 7.86. The predicted molar refractivity (Wildman–Crippen MR) is 120 cm³/mol. The van der Waals surface area contributed by atoms with Crippen molar-refractivity contribution < 1.29 is 9.72 Å². The van der Waals surface area contributed by atoms with Gasteiger partial charge in [-0.2, -0.15) is 0 Å². The van der Waals surface area contributed by atoms with Gasteiger partial charge < -0.3 is 16.0 Å². The minimum absolute atomic E-state index is 0.00541. The van der Waals surface area contributed by atoms with Gasteiger partial charge >= 0.3 is 0 Å². The van der Waals surface area contributed by atoms with E-state index in [1.54, 1.807) is 12.1 Å². The quantitative estimate of drug-likeness (QED) is 0.144. The largest absolute Gasteiger partial charge is 0.339 e. The molecule has 7 nitrogen and oxygen atoms in total. The van der Waals surface area contributed by atoms with Crippen LogP contribution in [0.4, 0.5) is 11.4 Å². The third-order valence-electron chi connectivity index (χ3n) is 3.43. The highest BCUT2D eigenvalue weighted by atomic mass is 35.6. The Labute approximate surface area is 187 Å². The van der Waals surface area contributed by atoms with Crippen LogP contribution in [-0.4, -0.2) is 25.9 Å². The minimum atomic E-state index is -1.93. The van der Waals surface area contributed by atoms with Gasteiger partial charge in [0.15, 0.2) is 5.11 Å². The molecule has 0 heterocycles. The predicted octanol–water partition coefficient (Wildman–Crippen LogP) is 4.41. The molecule has 1 amide bonds. The van der Waals surface area contributed by atoms with Crippen molar-refractivity contribution in [3.8, 4) is 0 Å². The summed E-state index contributed by atoms with van der Waals surface area (Å²) in [6.07, 6.45) is 1.72. The Morgan fingerprint density at radius 3 is 2.41 bits per heavy atom. The zero-order chi connectivity index (χ0) is 21.4. The molecule has 2 aromatic carbocycles. The van der Waals surface area contributed by atoms with E-state index >= 15 is 0 Å². The molecule has 0 saturated heterocycles. The van der Waals surface area contributed by atoms with Crippen LogP contribution in [0.25, 0.3) is 6.08 Å². The van der Waals surface area contributed by atoms with Crippen LogP contribution in [0.15, 0.2) is 60.7 Å². The summed E-state index contributed by atoms with van der Waals surface area (Å²) in [7, 11) is 0. The number of benzene rings is 2. The van der Waals surface area contributed by atoms with Crippen molar-refractivity contribution >= 4 is 75.5 Å². The molecule has 0 spiro atoms. The Balaban J connectivity index is 2.02. The summed E-state index contributed by atoms with van der Waals surface area (Å²) in [5.41, 5.74) is 1.06. The average molecular weight is 474 g/mol. The molecule has 11 heteroatoms. The summed E-state index contributed by atoms with van der Waals surface area (Å²) in [5.74, 6) is -0.518. The van der Waals surface area contributed by atoms with Crippen molar-refractivity contribution in [1.82, 2.24) is 10.6 Å². The Hall–Kier alpha value is -2.39. The first-order chi connectivity index (χ1) is 13.6. The first-order valence-corrected chi connectivity index (χ1v) is 9.61. The second kappa shape index (κ2) is 10.4. The number of amides is 1. The molecule has 3 N–H and O–H groups in total. The second-order valence-corrected chi connectivity index (χ2v) is 8.41. The van der Waals surface area contributed by atoms with Crippen LogP contribution in [0.2, 0.25) is 0 Å². The molecule has 0 aromatic heterocycles. The molecule has 0 fully saturated rings. The molecule has 2 aromatic rings. The monoisotopic (exact) mass is 472 g/mol. The number of carbonyl (C=O) groups excluding carboxylic acids is 1. The number of hydrogen-bond donors (Lipinski definition) is 3. The van der Waals surface area contributed by atoms with Crippen molar-refractivity contribution in [2.75, 3.05) is 5.32 Å². The minimum Gasteiger partial charge on any atom is -0.339 e. The van der Waals surface area contributed by atoms with E-state index in [9.17, 15) is 14.9 Å². The molecule has 0 radical (unpaired) electrons. The topological polar surface area (TPSA) is 96.3 Å². The number of nitrogens with one attached hydrogen (secondary N) is 3. The Morgan fingerprint density at radius 1 is 1.10 bits per heavy atom. The Morgan fingerprint density at radius 2 is 1.79 bits per heavy atom. The van der Waals surface area contributed by atoms with Gasteiger partial charge in [0.05, 0.1) is 4.92 Å². The number of hydrogen-bond acceptors (Lipinski definition) is 4. The molecule has 1 unspecified atom stereocenters. The zero-order valence-electron chi connectivity index (χ0n) is 14.6. The van der Waals surface area contributed by atoms with Gasteiger partial charge in [-0.25, -0.2) is 0 Å². The van der Waals surface area contributed by atoms with Crippen LogP contribution >= 0.6 is 47.0 Å². The summed E-state index contributed by atoms with van der Waals surface area (Å²) < 4.78 is -1.93. The highest BCUT2D eigenvalue weighted by Gasteiger charge is 2.34. The number of alkyl halides is 3. The molecule has 0 aliphatic carbocycles. The summed E-state index contributed by atoms with van der Waals surface area (Å²) in [5, 5.41) is 18.8. The number of rotatable bonds is 6. The van der Waals surface area contributed by atoms with Crippen LogP contribution in [0, 0.1) is 10.1 Å². The van der Waals surface area contributed by atoms with E-state index in [2.05, 4.69) is 16.0 Å². The van der Waals surface area contributed by atoms with E-state index in [-0.39, 0.29) is 10.8 Å². The lowest BCUT2D eigenvalue weighted by molar-refractivity contribution is -0.384. The van der Waals surface area contributed by atoms with Crippen LogP contribution in [0.5, 0.6) is 0 Å². The molecular formula is C18H15Cl3N4O3S. The van der Waals surface area contributed by atoms with Crippen LogP contribution < -0.4 is 16.0 Å². The number of nitro groups is 1. The average Bonchev–Trinajstić information content (AvgIpc) is 2.66. The van der Waals surface area contributed by atoms with Crippen LogP contribution in [0.3, 0.4) is 0 Å². The third-order valence-corrected chi connectivity index (χ3v) is 4.31. The number of non-ortho nitro benzene ring substituents is 1. The van der Waals surface area contributed by atoms with Crippen molar-refractivity contribution in [3.05, 3.63) is 76.4 Å². The Kier molecular flexibility index (Phi) is 8.21. The van der Waals surface area contributed by atoms with Gasteiger partial charge in [-0.15, -0.1) is 0 Å².